The van der Waals surface area contributed by atoms with Crippen molar-refractivity contribution in [2.24, 2.45) is 4.99 Å². The lowest BCUT2D eigenvalue weighted by Gasteiger charge is -2.06. The molecule has 0 aliphatic carbocycles. The molecule has 0 bridgehead atoms. The van der Waals surface area contributed by atoms with E-state index in [1.165, 1.54) is 0 Å². The average Bonchev–Trinajstić information content (AvgIpc) is 2.03. The van der Waals surface area contributed by atoms with E-state index in [1.54, 1.807) is 0 Å². The van der Waals surface area contributed by atoms with E-state index in [-0.39, 0.29) is 0 Å². The summed E-state index contributed by atoms with van der Waals surface area (Å²) in [7, 11) is 0. The number of nitrogens with zero attached hydrogens (tertiary/aromatic N) is 1. The van der Waals surface area contributed by atoms with Crippen LogP contribution in [0, 0.1) is 0 Å². The monoisotopic (exact) mass is 166 g/mol. The third-order valence-corrected chi connectivity index (χ3v) is 1.36. The quantitative estimate of drug-likeness (QED) is 0.491. The normalized spacial score (nSPS) is 12.1. The van der Waals surface area contributed by atoms with Gasteiger partial charge < -0.3 is 5.32 Å². The molecule has 0 atom stereocenters. The van der Waals surface area contributed by atoms with Gasteiger partial charge in [-0.2, -0.15) is 0 Å². The lowest BCUT2D eigenvalue weighted by molar-refractivity contribution is 0.865. The smallest absolute Gasteiger partial charge is 0.0379 e. The van der Waals surface area contributed by atoms with E-state index in [2.05, 4.69) is 23.8 Å². The van der Waals surface area contributed by atoms with Crippen LogP contribution in [0.25, 0.3) is 0 Å². The van der Waals surface area contributed by atoms with Gasteiger partial charge in [0.2, 0.25) is 0 Å². The van der Waals surface area contributed by atoms with Gasteiger partial charge >= 0.3 is 0 Å². The third kappa shape index (κ3) is 4.72. The minimum Gasteiger partial charge on any atom is -0.385 e. The van der Waals surface area contributed by atoms with Crippen LogP contribution >= 0.6 is 0 Å². The Balaban J connectivity index is 4.18. The van der Waals surface area contributed by atoms with Crippen molar-refractivity contribution in [3.05, 3.63) is 23.9 Å². The molecule has 0 aliphatic rings. The number of hydrogen-bond donors (Lipinski definition) is 1. The van der Waals surface area contributed by atoms with Crippen LogP contribution in [0.1, 0.15) is 20.8 Å². The van der Waals surface area contributed by atoms with Gasteiger partial charge in [-0.25, -0.2) is 0 Å². The summed E-state index contributed by atoms with van der Waals surface area (Å²) in [5.41, 5.74) is 2.11. The summed E-state index contributed by atoms with van der Waals surface area (Å²) in [6.45, 7) is 11.7. The first-order chi connectivity index (χ1) is 5.72. The standard InChI is InChI=1S/C10H18N2/c1-5-11-8-7-10(9(3)4)12-6-2/h7-8,12H,3,5-6H2,1-2,4H3. The number of hydrogen-bond acceptors (Lipinski definition) is 2. The second-order valence-electron chi connectivity index (χ2n) is 2.54. The first-order valence-electron chi connectivity index (χ1n) is 4.32. The van der Waals surface area contributed by atoms with E-state index in [0.717, 1.165) is 24.4 Å². The second-order valence-corrected chi connectivity index (χ2v) is 2.54. The molecule has 0 aromatic heterocycles. The molecule has 0 saturated heterocycles. The van der Waals surface area contributed by atoms with Gasteiger partial charge in [-0.3, -0.25) is 4.99 Å². The maximum atomic E-state index is 4.09. The van der Waals surface area contributed by atoms with Crippen molar-refractivity contribution >= 4 is 6.21 Å². The molecule has 0 rings (SSSR count). The highest BCUT2D eigenvalue weighted by Gasteiger charge is 1.91. The predicted molar refractivity (Wildman–Crippen MR) is 55.6 cm³/mol. The van der Waals surface area contributed by atoms with Crippen molar-refractivity contribution < 1.29 is 0 Å². The van der Waals surface area contributed by atoms with Crippen LogP contribution in [0.2, 0.25) is 0 Å². The summed E-state index contributed by atoms with van der Waals surface area (Å²) in [5.74, 6) is 0. The topological polar surface area (TPSA) is 24.4 Å². The molecule has 0 radical (unpaired) electrons. The lowest BCUT2D eigenvalue weighted by Crippen LogP contribution is -2.12. The maximum absolute atomic E-state index is 4.09. The first-order valence-corrected chi connectivity index (χ1v) is 4.32. The van der Waals surface area contributed by atoms with Crippen LogP contribution < -0.4 is 5.32 Å². The fraction of sp³-hybridized carbons (Fsp3) is 0.500. The van der Waals surface area contributed by atoms with Gasteiger partial charge in [-0.05, 0) is 32.4 Å². The summed E-state index contributed by atoms with van der Waals surface area (Å²) in [5, 5.41) is 3.21. The van der Waals surface area contributed by atoms with Crippen molar-refractivity contribution in [2.45, 2.75) is 20.8 Å². The summed E-state index contributed by atoms with van der Waals surface area (Å²) >= 11 is 0. The predicted octanol–water partition coefficient (Wildman–Crippen LogP) is 2.15. The molecule has 0 aliphatic heterocycles. The zero-order chi connectivity index (χ0) is 9.40. The van der Waals surface area contributed by atoms with Gasteiger partial charge in [-0.15, -0.1) is 0 Å². The molecule has 0 heterocycles. The molecule has 0 aromatic carbocycles. The van der Waals surface area contributed by atoms with E-state index >= 15 is 0 Å². The van der Waals surface area contributed by atoms with Crippen LogP contribution in [-0.4, -0.2) is 19.3 Å². The number of rotatable bonds is 5. The molecule has 0 aromatic rings. The van der Waals surface area contributed by atoms with Crippen molar-refractivity contribution in [3.8, 4) is 0 Å². The highest BCUT2D eigenvalue weighted by Crippen LogP contribution is 2.00. The van der Waals surface area contributed by atoms with Crippen molar-refractivity contribution in [2.75, 3.05) is 13.1 Å². The van der Waals surface area contributed by atoms with Gasteiger partial charge in [0.05, 0.1) is 0 Å². The first kappa shape index (κ1) is 11.0. The molecule has 68 valence electrons. The molecular formula is C10H18N2. The minimum atomic E-state index is 0.825. The Morgan fingerprint density at radius 2 is 2.17 bits per heavy atom. The van der Waals surface area contributed by atoms with E-state index < -0.39 is 0 Å². The SMILES string of the molecule is C=C(C)C(=CC=NCC)NCC. The molecule has 0 amide bonds. The minimum absolute atomic E-state index is 0.825. The van der Waals surface area contributed by atoms with Crippen molar-refractivity contribution in [1.82, 2.24) is 5.32 Å². The zero-order valence-corrected chi connectivity index (χ0v) is 8.22. The maximum Gasteiger partial charge on any atom is 0.0379 e. The highest BCUT2D eigenvalue weighted by molar-refractivity contribution is 5.73. The fourth-order valence-electron chi connectivity index (χ4n) is 0.775. The van der Waals surface area contributed by atoms with Crippen LogP contribution in [0.15, 0.2) is 28.9 Å². The van der Waals surface area contributed by atoms with Gasteiger partial charge in [0.15, 0.2) is 0 Å². The largest absolute Gasteiger partial charge is 0.385 e. The Labute approximate surface area is 75.1 Å². The van der Waals surface area contributed by atoms with E-state index in [1.807, 2.05) is 26.1 Å². The van der Waals surface area contributed by atoms with E-state index in [0.29, 0.717) is 0 Å². The molecular weight excluding hydrogens is 148 g/mol. The Bertz CT molecular complexity index is 190. The molecule has 0 spiro atoms. The van der Waals surface area contributed by atoms with Gasteiger partial charge in [0, 0.05) is 25.0 Å². The molecule has 0 fully saturated rings. The number of allylic oxidation sites excluding steroid dienone is 2. The summed E-state index contributed by atoms with van der Waals surface area (Å²) in [6, 6.07) is 0. The Morgan fingerprint density at radius 3 is 2.58 bits per heavy atom. The fourth-order valence-corrected chi connectivity index (χ4v) is 0.775. The summed E-state index contributed by atoms with van der Waals surface area (Å²) in [4.78, 5) is 4.09. The zero-order valence-electron chi connectivity index (χ0n) is 8.22. The summed E-state index contributed by atoms with van der Waals surface area (Å²) < 4.78 is 0. The van der Waals surface area contributed by atoms with E-state index in [9.17, 15) is 0 Å². The Hall–Kier alpha value is -1.05. The van der Waals surface area contributed by atoms with Crippen LogP contribution in [0.5, 0.6) is 0 Å². The Morgan fingerprint density at radius 1 is 1.50 bits per heavy atom. The van der Waals surface area contributed by atoms with Gasteiger partial charge in [0.25, 0.3) is 0 Å². The number of nitrogens with one attached hydrogen (secondary N) is 1. The second kappa shape index (κ2) is 6.65. The van der Waals surface area contributed by atoms with Crippen LogP contribution in [0.4, 0.5) is 0 Å². The molecule has 0 unspecified atom stereocenters. The molecule has 2 nitrogen and oxygen atoms in total. The van der Waals surface area contributed by atoms with E-state index in [4.69, 9.17) is 0 Å². The number of aliphatic imine (C=N–C) groups is 1. The Kier molecular flexibility index (Phi) is 6.07. The third-order valence-electron chi connectivity index (χ3n) is 1.36. The molecule has 1 N–H and O–H groups in total. The van der Waals surface area contributed by atoms with Crippen LogP contribution in [-0.2, 0) is 0 Å². The molecule has 12 heavy (non-hydrogen) atoms. The molecule has 2 heteroatoms. The van der Waals surface area contributed by atoms with Gasteiger partial charge in [-0.1, -0.05) is 6.58 Å². The highest BCUT2D eigenvalue weighted by atomic mass is 14.9. The van der Waals surface area contributed by atoms with Crippen molar-refractivity contribution in [3.63, 3.8) is 0 Å². The molecule has 0 saturated carbocycles. The summed E-state index contributed by atoms with van der Waals surface area (Å²) in [6.07, 6.45) is 3.77. The average molecular weight is 166 g/mol. The van der Waals surface area contributed by atoms with Crippen molar-refractivity contribution in [1.29, 1.82) is 0 Å². The lowest BCUT2D eigenvalue weighted by atomic mass is 10.2. The van der Waals surface area contributed by atoms with Crippen LogP contribution in [0.3, 0.4) is 0 Å². The van der Waals surface area contributed by atoms with Gasteiger partial charge in [0.1, 0.15) is 0 Å². The number of likely N-dealkylation sites (N-methyl/N-ethyl adjacent to an activating group) is 1.